The van der Waals surface area contributed by atoms with Gasteiger partial charge in [-0.3, -0.25) is 4.79 Å². The Balaban J connectivity index is 2.26. The summed E-state index contributed by atoms with van der Waals surface area (Å²) in [4.78, 5) is 12.0. The van der Waals surface area contributed by atoms with Crippen molar-refractivity contribution < 1.29 is 14.3 Å². The Kier molecular flexibility index (Phi) is 3.37. The summed E-state index contributed by atoms with van der Waals surface area (Å²) in [7, 11) is 0. The summed E-state index contributed by atoms with van der Waals surface area (Å²) in [5, 5.41) is 12.0. The van der Waals surface area contributed by atoms with Gasteiger partial charge < -0.3 is 16.2 Å². The van der Waals surface area contributed by atoms with Gasteiger partial charge in [-0.05, 0) is 42.8 Å². The van der Waals surface area contributed by atoms with E-state index in [4.69, 9.17) is 5.73 Å². The summed E-state index contributed by atoms with van der Waals surface area (Å²) in [5.41, 5.74) is 6.54. The monoisotopic (exact) mass is 260 g/mol. The molecule has 0 unspecified atom stereocenters. The maximum atomic E-state index is 13.3. The largest absolute Gasteiger partial charge is 0.508 e. The molecule has 0 fully saturated rings. The Morgan fingerprint density at radius 1 is 1.32 bits per heavy atom. The van der Waals surface area contributed by atoms with Crippen LogP contribution in [0.3, 0.4) is 0 Å². The molecule has 0 aliphatic carbocycles. The van der Waals surface area contributed by atoms with Crippen molar-refractivity contribution in [3.63, 3.8) is 0 Å². The number of nitrogens with one attached hydrogen (secondary N) is 1. The second-order valence-electron chi connectivity index (χ2n) is 4.16. The van der Waals surface area contributed by atoms with Crippen molar-refractivity contribution >= 4 is 17.3 Å². The SMILES string of the molecule is Cc1cc(NC(=O)c2cccc(F)c2N)ccc1O. The summed E-state index contributed by atoms with van der Waals surface area (Å²) >= 11 is 0. The lowest BCUT2D eigenvalue weighted by atomic mass is 10.1. The number of phenolic OH excluding ortho intramolecular Hbond substituents is 1. The first-order valence-electron chi connectivity index (χ1n) is 5.64. The Morgan fingerprint density at radius 2 is 2.05 bits per heavy atom. The van der Waals surface area contributed by atoms with Crippen LogP contribution in [0.2, 0.25) is 0 Å². The molecule has 4 nitrogen and oxygen atoms in total. The van der Waals surface area contributed by atoms with Crippen LogP contribution in [0, 0.1) is 12.7 Å². The van der Waals surface area contributed by atoms with E-state index in [0.29, 0.717) is 11.3 Å². The molecule has 1 amide bonds. The Labute approximate surface area is 109 Å². The van der Waals surface area contributed by atoms with E-state index in [-0.39, 0.29) is 17.0 Å². The predicted molar refractivity (Wildman–Crippen MR) is 71.6 cm³/mol. The number of anilines is 2. The van der Waals surface area contributed by atoms with Crippen LogP contribution < -0.4 is 11.1 Å². The highest BCUT2D eigenvalue weighted by atomic mass is 19.1. The van der Waals surface area contributed by atoms with Crippen LogP contribution in [0.15, 0.2) is 36.4 Å². The molecule has 2 aromatic carbocycles. The summed E-state index contributed by atoms with van der Waals surface area (Å²) in [6, 6.07) is 8.69. The zero-order valence-corrected chi connectivity index (χ0v) is 10.3. The lowest BCUT2D eigenvalue weighted by Gasteiger charge is -2.09. The Morgan fingerprint density at radius 3 is 2.74 bits per heavy atom. The maximum Gasteiger partial charge on any atom is 0.257 e. The van der Waals surface area contributed by atoms with Gasteiger partial charge in [-0.25, -0.2) is 4.39 Å². The molecule has 0 atom stereocenters. The van der Waals surface area contributed by atoms with E-state index < -0.39 is 11.7 Å². The number of carbonyl (C=O) groups excluding carboxylic acids is 1. The molecule has 5 heteroatoms. The van der Waals surface area contributed by atoms with Gasteiger partial charge in [-0.2, -0.15) is 0 Å². The van der Waals surface area contributed by atoms with Crippen molar-refractivity contribution in [2.75, 3.05) is 11.1 Å². The fourth-order valence-corrected chi connectivity index (χ4v) is 1.67. The number of benzene rings is 2. The van der Waals surface area contributed by atoms with E-state index >= 15 is 0 Å². The van der Waals surface area contributed by atoms with Crippen LogP contribution >= 0.6 is 0 Å². The van der Waals surface area contributed by atoms with Gasteiger partial charge in [0.05, 0.1) is 11.3 Å². The lowest BCUT2D eigenvalue weighted by Crippen LogP contribution is -2.14. The molecular weight excluding hydrogens is 247 g/mol. The van der Waals surface area contributed by atoms with E-state index in [2.05, 4.69) is 5.32 Å². The molecule has 0 aromatic heterocycles. The quantitative estimate of drug-likeness (QED) is 0.574. The zero-order valence-electron chi connectivity index (χ0n) is 10.3. The van der Waals surface area contributed by atoms with Crippen LogP contribution in [-0.2, 0) is 0 Å². The topological polar surface area (TPSA) is 75.4 Å². The minimum atomic E-state index is -0.630. The number of para-hydroxylation sites is 1. The Hall–Kier alpha value is -2.56. The highest BCUT2D eigenvalue weighted by Gasteiger charge is 2.13. The lowest BCUT2D eigenvalue weighted by molar-refractivity contribution is 0.102. The number of hydrogen-bond acceptors (Lipinski definition) is 3. The third kappa shape index (κ3) is 2.65. The van der Waals surface area contributed by atoms with Gasteiger partial charge in [0.2, 0.25) is 0 Å². The number of phenols is 1. The average Bonchev–Trinajstić information content (AvgIpc) is 2.37. The molecule has 0 aliphatic heterocycles. The van der Waals surface area contributed by atoms with Crippen molar-refractivity contribution in [2.24, 2.45) is 0 Å². The van der Waals surface area contributed by atoms with Gasteiger partial charge in [0.15, 0.2) is 0 Å². The van der Waals surface area contributed by atoms with E-state index in [1.54, 1.807) is 19.1 Å². The smallest absolute Gasteiger partial charge is 0.257 e. The zero-order chi connectivity index (χ0) is 14.0. The van der Waals surface area contributed by atoms with Crippen molar-refractivity contribution in [3.8, 4) is 5.75 Å². The number of hydrogen-bond donors (Lipinski definition) is 3. The molecule has 0 saturated carbocycles. The van der Waals surface area contributed by atoms with Crippen molar-refractivity contribution in [3.05, 3.63) is 53.3 Å². The number of aromatic hydroxyl groups is 1. The highest BCUT2D eigenvalue weighted by molar-refractivity contribution is 6.07. The second kappa shape index (κ2) is 4.97. The molecule has 2 aromatic rings. The summed E-state index contributed by atoms with van der Waals surface area (Å²) in [6.45, 7) is 1.71. The number of amides is 1. The average molecular weight is 260 g/mol. The summed E-state index contributed by atoms with van der Waals surface area (Å²) < 4.78 is 13.3. The second-order valence-corrected chi connectivity index (χ2v) is 4.16. The van der Waals surface area contributed by atoms with Gasteiger partial charge >= 0.3 is 0 Å². The normalized spacial score (nSPS) is 10.2. The van der Waals surface area contributed by atoms with Crippen molar-refractivity contribution in [2.45, 2.75) is 6.92 Å². The van der Waals surface area contributed by atoms with Crippen LogP contribution in [0.25, 0.3) is 0 Å². The van der Waals surface area contributed by atoms with E-state index in [9.17, 15) is 14.3 Å². The first kappa shape index (κ1) is 12.9. The minimum absolute atomic E-state index is 0.0747. The predicted octanol–water partition coefficient (Wildman–Crippen LogP) is 2.67. The maximum absolute atomic E-state index is 13.3. The number of carbonyl (C=O) groups is 1. The first-order valence-corrected chi connectivity index (χ1v) is 5.64. The number of rotatable bonds is 2. The van der Waals surface area contributed by atoms with Gasteiger partial charge in [0.1, 0.15) is 11.6 Å². The van der Waals surface area contributed by atoms with Crippen LogP contribution in [0.1, 0.15) is 15.9 Å². The minimum Gasteiger partial charge on any atom is -0.508 e. The fraction of sp³-hybridized carbons (Fsp3) is 0.0714. The standard InChI is InChI=1S/C14H13FN2O2/c1-8-7-9(5-6-12(8)18)17-14(19)10-3-2-4-11(15)13(10)16/h2-7,18H,16H2,1H3,(H,17,19). The van der Waals surface area contributed by atoms with Gasteiger partial charge in [-0.1, -0.05) is 6.07 Å². The number of aryl methyl sites for hydroxylation is 1. The molecule has 0 aliphatic rings. The molecule has 4 N–H and O–H groups in total. The Bertz CT molecular complexity index is 641. The first-order chi connectivity index (χ1) is 8.99. The number of halogens is 1. The molecular formula is C14H13FN2O2. The molecule has 98 valence electrons. The van der Waals surface area contributed by atoms with Crippen LogP contribution in [0.5, 0.6) is 5.75 Å². The summed E-state index contributed by atoms with van der Waals surface area (Å²) in [5.74, 6) is -0.986. The van der Waals surface area contributed by atoms with Crippen molar-refractivity contribution in [1.82, 2.24) is 0 Å². The molecule has 0 bridgehead atoms. The van der Waals surface area contributed by atoms with Crippen molar-refractivity contribution in [1.29, 1.82) is 0 Å². The van der Waals surface area contributed by atoms with Gasteiger partial charge in [0.25, 0.3) is 5.91 Å². The fourth-order valence-electron chi connectivity index (χ4n) is 1.67. The van der Waals surface area contributed by atoms with Crippen LogP contribution in [-0.4, -0.2) is 11.0 Å². The van der Waals surface area contributed by atoms with Gasteiger partial charge in [-0.15, -0.1) is 0 Å². The molecule has 2 rings (SSSR count). The highest BCUT2D eigenvalue weighted by Crippen LogP contribution is 2.22. The van der Waals surface area contributed by atoms with E-state index in [0.717, 1.165) is 0 Å². The summed E-state index contributed by atoms with van der Waals surface area (Å²) in [6.07, 6.45) is 0. The van der Waals surface area contributed by atoms with E-state index in [1.807, 2.05) is 0 Å². The molecule has 0 heterocycles. The number of nitrogens with two attached hydrogens (primary N) is 1. The van der Waals surface area contributed by atoms with E-state index in [1.165, 1.54) is 24.3 Å². The molecule has 0 radical (unpaired) electrons. The molecule has 0 saturated heterocycles. The molecule has 0 spiro atoms. The van der Waals surface area contributed by atoms with Crippen LogP contribution in [0.4, 0.5) is 15.8 Å². The number of nitrogen functional groups attached to an aromatic ring is 1. The van der Waals surface area contributed by atoms with Gasteiger partial charge in [0, 0.05) is 5.69 Å². The third-order valence-corrected chi connectivity index (χ3v) is 2.75. The third-order valence-electron chi connectivity index (χ3n) is 2.75. The molecule has 19 heavy (non-hydrogen) atoms.